The first-order chi connectivity index (χ1) is 13.9. The number of thiol groups is 1. The second-order valence-electron chi connectivity index (χ2n) is 10.5. The van der Waals surface area contributed by atoms with Gasteiger partial charge in [0.15, 0.2) is 0 Å². The molecule has 0 amide bonds. The Labute approximate surface area is 186 Å². The molecular formula is C26H48O2S. The number of aliphatic carboxylic acids is 1. The molecule has 0 aromatic heterocycles. The fourth-order valence-corrected chi connectivity index (χ4v) is 8.38. The highest BCUT2D eigenvalue weighted by molar-refractivity contribution is 7.79. The summed E-state index contributed by atoms with van der Waals surface area (Å²) in [6.45, 7) is 9.25. The van der Waals surface area contributed by atoms with Crippen molar-refractivity contribution >= 4 is 18.6 Å². The van der Waals surface area contributed by atoms with Crippen molar-refractivity contribution < 1.29 is 9.90 Å². The molecule has 0 aromatic rings. The highest BCUT2D eigenvalue weighted by atomic mass is 32.1. The van der Waals surface area contributed by atoms with Gasteiger partial charge in [-0.05, 0) is 111 Å². The minimum Gasteiger partial charge on any atom is -0.481 e. The van der Waals surface area contributed by atoms with Gasteiger partial charge in [-0.25, -0.2) is 0 Å². The van der Waals surface area contributed by atoms with E-state index in [1.807, 2.05) is 13.8 Å². The second-order valence-corrected chi connectivity index (χ2v) is 10.5. The van der Waals surface area contributed by atoms with Crippen molar-refractivity contribution in [3.8, 4) is 0 Å². The van der Waals surface area contributed by atoms with Crippen LogP contribution in [0.1, 0.15) is 111 Å². The van der Waals surface area contributed by atoms with E-state index < -0.39 is 5.97 Å². The number of carboxylic acid groups (broad SMARTS) is 1. The first kappa shape index (κ1) is 25.1. The Hall–Kier alpha value is -0.180. The third-order valence-corrected chi connectivity index (χ3v) is 9.72. The molecule has 0 aromatic carbocycles. The second kappa shape index (κ2) is 10.9. The number of hydrogen-bond acceptors (Lipinski definition) is 2. The van der Waals surface area contributed by atoms with Crippen LogP contribution in [0.25, 0.3) is 0 Å². The van der Waals surface area contributed by atoms with Crippen LogP contribution in [-0.2, 0) is 4.79 Å². The van der Waals surface area contributed by atoms with Crippen LogP contribution in [0.5, 0.6) is 0 Å². The predicted molar refractivity (Wildman–Crippen MR) is 128 cm³/mol. The first-order valence-corrected chi connectivity index (χ1v) is 13.5. The molecular weight excluding hydrogens is 376 g/mol. The number of carbonyl (C=O) groups is 1. The normalized spacial score (nSPS) is 42.8. The maximum absolute atomic E-state index is 10.9. The maximum Gasteiger partial charge on any atom is 0.303 e. The minimum absolute atomic E-state index is 0.364. The Kier molecular flexibility index (Phi) is 9.44. The lowest BCUT2D eigenvalue weighted by Crippen LogP contribution is -2.52. The Morgan fingerprint density at radius 1 is 0.897 bits per heavy atom. The number of hydrogen-bond donors (Lipinski definition) is 2. The van der Waals surface area contributed by atoms with Gasteiger partial charge in [-0.3, -0.25) is 4.79 Å². The minimum atomic E-state index is -0.619. The third kappa shape index (κ3) is 4.85. The number of fused-ring (bicyclic) bond motifs is 5. The molecule has 2 nitrogen and oxygen atoms in total. The summed E-state index contributed by atoms with van der Waals surface area (Å²) < 4.78 is 0. The van der Waals surface area contributed by atoms with Gasteiger partial charge in [-0.15, -0.1) is 0 Å². The molecule has 7 unspecified atom stereocenters. The molecule has 4 aliphatic rings. The molecule has 0 heterocycles. The summed E-state index contributed by atoms with van der Waals surface area (Å²) in [5, 5.41) is 8.98. The Bertz CT molecular complexity index is 521. The van der Waals surface area contributed by atoms with Crippen molar-refractivity contribution in [1.29, 1.82) is 0 Å². The van der Waals surface area contributed by atoms with Gasteiger partial charge in [0.2, 0.25) is 0 Å². The lowest BCUT2D eigenvalue weighted by molar-refractivity contribution is -0.137. The molecule has 1 N–H and O–H groups in total. The SMILES string of the molecule is CC.CC12CCCCC1CCC1C2CCC2(C)C(CCCC(=O)O)CCC12.CS. The van der Waals surface area contributed by atoms with Crippen LogP contribution in [0.3, 0.4) is 0 Å². The van der Waals surface area contributed by atoms with E-state index in [4.69, 9.17) is 5.11 Å². The Morgan fingerprint density at radius 2 is 1.59 bits per heavy atom. The van der Waals surface area contributed by atoms with Crippen LogP contribution >= 0.6 is 12.6 Å². The van der Waals surface area contributed by atoms with E-state index in [9.17, 15) is 4.79 Å². The Morgan fingerprint density at radius 3 is 2.28 bits per heavy atom. The molecule has 4 fully saturated rings. The fraction of sp³-hybridized carbons (Fsp3) is 0.962. The molecule has 0 bridgehead atoms. The highest BCUT2D eigenvalue weighted by Crippen LogP contribution is 2.67. The van der Waals surface area contributed by atoms with Gasteiger partial charge in [0, 0.05) is 6.42 Å². The van der Waals surface area contributed by atoms with Crippen molar-refractivity contribution in [2.45, 2.75) is 111 Å². The summed E-state index contributed by atoms with van der Waals surface area (Å²) >= 11 is 3.53. The first-order valence-electron chi connectivity index (χ1n) is 12.6. The predicted octanol–water partition coefficient (Wildman–Crippen LogP) is 7.86. The van der Waals surface area contributed by atoms with Gasteiger partial charge in [-0.1, -0.05) is 40.5 Å². The summed E-state index contributed by atoms with van der Waals surface area (Å²) in [6.07, 6.45) is 18.7. The largest absolute Gasteiger partial charge is 0.481 e. The number of carboxylic acids is 1. The maximum atomic E-state index is 10.9. The van der Waals surface area contributed by atoms with E-state index in [0.29, 0.717) is 17.3 Å². The zero-order chi connectivity index (χ0) is 21.7. The molecule has 4 rings (SSSR count). The van der Waals surface area contributed by atoms with Crippen LogP contribution < -0.4 is 0 Å². The molecule has 0 spiro atoms. The van der Waals surface area contributed by atoms with E-state index in [1.54, 1.807) is 6.26 Å². The van der Waals surface area contributed by atoms with Crippen molar-refractivity contribution in [3.05, 3.63) is 0 Å². The molecule has 170 valence electrons. The quantitative estimate of drug-likeness (QED) is 0.451. The number of rotatable bonds is 4. The monoisotopic (exact) mass is 424 g/mol. The summed E-state index contributed by atoms with van der Waals surface area (Å²) in [5.41, 5.74) is 1.15. The van der Waals surface area contributed by atoms with Gasteiger partial charge in [0.1, 0.15) is 0 Å². The molecule has 4 aliphatic carbocycles. The molecule has 0 aliphatic heterocycles. The summed E-state index contributed by atoms with van der Waals surface area (Å²) in [7, 11) is 0. The van der Waals surface area contributed by atoms with Gasteiger partial charge in [0.25, 0.3) is 0 Å². The lowest BCUT2D eigenvalue weighted by Gasteiger charge is -2.60. The smallest absolute Gasteiger partial charge is 0.303 e. The lowest BCUT2D eigenvalue weighted by atomic mass is 9.45. The van der Waals surface area contributed by atoms with E-state index >= 15 is 0 Å². The molecule has 29 heavy (non-hydrogen) atoms. The average molecular weight is 425 g/mol. The van der Waals surface area contributed by atoms with Crippen molar-refractivity contribution in [1.82, 2.24) is 0 Å². The van der Waals surface area contributed by atoms with Crippen LogP contribution in [0, 0.1) is 40.4 Å². The van der Waals surface area contributed by atoms with Crippen LogP contribution in [-0.4, -0.2) is 17.3 Å². The van der Waals surface area contributed by atoms with Crippen LogP contribution in [0.2, 0.25) is 0 Å². The summed E-state index contributed by atoms with van der Waals surface area (Å²) in [4.78, 5) is 10.9. The molecule has 4 saturated carbocycles. The van der Waals surface area contributed by atoms with Gasteiger partial charge < -0.3 is 5.11 Å². The molecule has 0 radical (unpaired) electrons. The topological polar surface area (TPSA) is 37.3 Å². The van der Waals surface area contributed by atoms with Gasteiger partial charge in [-0.2, -0.15) is 12.6 Å². The zero-order valence-electron chi connectivity index (χ0n) is 19.9. The van der Waals surface area contributed by atoms with Gasteiger partial charge >= 0.3 is 5.97 Å². The standard InChI is InChI=1S/C23H38O2.C2H6.CH4S/c1-22-14-4-3-6-16(22)9-11-18-19-12-10-17(7-5-8-21(24)25)23(19,2)15-13-20(18)22;2*1-2/h16-20H,3-15H2,1-2H3,(H,24,25);1-2H3;2H,1H3. The molecule has 7 atom stereocenters. The molecule has 0 saturated heterocycles. The van der Waals surface area contributed by atoms with Crippen molar-refractivity contribution in [3.63, 3.8) is 0 Å². The van der Waals surface area contributed by atoms with E-state index in [1.165, 1.54) is 64.2 Å². The van der Waals surface area contributed by atoms with Crippen molar-refractivity contribution in [2.24, 2.45) is 40.4 Å². The van der Waals surface area contributed by atoms with Crippen LogP contribution in [0.4, 0.5) is 0 Å². The fourth-order valence-electron chi connectivity index (χ4n) is 8.38. The summed E-state index contributed by atoms with van der Waals surface area (Å²) in [6, 6.07) is 0. The summed E-state index contributed by atoms with van der Waals surface area (Å²) in [5.74, 6) is 4.08. The Balaban J connectivity index is 0.000000707. The van der Waals surface area contributed by atoms with E-state index in [0.717, 1.165) is 42.4 Å². The van der Waals surface area contributed by atoms with Crippen molar-refractivity contribution in [2.75, 3.05) is 6.26 Å². The average Bonchev–Trinajstić information content (AvgIpc) is 3.07. The zero-order valence-corrected chi connectivity index (χ0v) is 20.8. The highest BCUT2D eigenvalue weighted by Gasteiger charge is 2.59. The van der Waals surface area contributed by atoms with E-state index in [-0.39, 0.29) is 0 Å². The van der Waals surface area contributed by atoms with E-state index in [2.05, 4.69) is 26.5 Å². The third-order valence-electron chi connectivity index (χ3n) is 9.72. The molecule has 3 heteroatoms. The van der Waals surface area contributed by atoms with Crippen LogP contribution in [0.15, 0.2) is 0 Å². The van der Waals surface area contributed by atoms with Gasteiger partial charge in [0.05, 0.1) is 0 Å².